The first-order valence-corrected chi connectivity index (χ1v) is 9.10. The van der Waals surface area contributed by atoms with Gasteiger partial charge < -0.3 is 10.2 Å². The summed E-state index contributed by atoms with van der Waals surface area (Å²) in [5.41, 5.74) is 0. The van der Waals surface area contributed by atoms with Gasteiger partial charge in [0, 0.05) is 30.6 Å². The van der Waals surface area contributed by atoms with Gasteiger partial charge in [0.2, 0.25) is 0 Å². The molecule has 5 nitrogen and oxygen atoms in total. The van der Waals surface area contributed by atoms with Crippen molar-refractivity contribution < 1.29 is 8.42 Å². The molecule has 1 aromatic rings. The Morgan fingerprint density at radius 1 is 1.45 bits per heavy atom. The average molecular weight is 317 g/mol. The summed E-state index contributed by atoms with van der Waals surface area (Å²) < 4.78 is 27.4. The van der Waals surface area contributed by atoms with E-state index in [1.54, 1.807) is 10.4 Å². The number of hydrogen-bond acceptors (Lipinski definition) is 5. The molecule has 7 heteroatoms. The monoisotopic (exact) mass is 317 g/mol. The van der Waals surface area contributed by atoms with Crippen molar-refractivity contribution in [2.75, 3.05) is 34.2 Å². The maximum atomic E-state index is 12.7. The lowest BCUT2D eigenvalue weighted by Crippen LogP contribution is -2.47. The summed E-state index contributed by atoms with van der Waals surface area (Å²) in [6.45, 7) is 1.93. The molecule has 0 aliphatic carbocycles. The van der Waals surface area contributed by atoms with Gasteiger partial charge in [0.05, 0.1) is 0 Å². The highest BCUT2D eigenvalue weighted by Gasteiger charge is 2.31. The summed E-state index contributed by atoms with van der Waals surface area (Å²) >= 11 is 1.36. The summed E-state index contributed by atoms with van der Waals surface area (Å²) in [5.74, 6) is 0. The van der Waals surface area contributed by atoms with Crippen LogP contribution in [0.3, 0.4) is 0 Å². The predicted molar refractivity (Wildman–Crippen MR) is 82.6 cm³/mol. The van der Waals surface area contributed by atoms with Crippen molar-refractivity contribution in [2.24, 2.45) is 0 Å². The molecule has 2 heterocycles. The van der Waals surface area contributed by atoms with Crippen LogP contribution in [0.25, 0.3) is 0 Å². The van der Waals surface area contributed by atoms with Crippen LogP contribution >= 0.6 is 11.3 Å². The molecule has 0 amide bonds. The third-order valence-corrected chi connectivity index (χ3v) is 7.09. The Bertz CT molecular complexity index is 540. The van der Waals surface area contributed by atoms with E-state index in [1.807, 2.05) is 27.2 Å². The first-order chi connectivity index (χ1) is 9.45. The van der Waals surface area contributed by atoms with Crippen LogP contribution in [0.1, 0.15) is 17.7 Å². The molecule has 1 aliphatic rings. The smallest absolute Gasteiger partial charge is 0.252 e. The molecule has 2 rings (SSSR count). The molecule has 1 saturated heterocycles. The van der Waals surface area contributed by atoms with Crippen molar-refractivity contribution in [2.45, 2.75) is 29.6 Å². The summed E-state index contributed by atoms with van der Waals surface area (Å²) in [6.07, 6.45) is 1.99. The number of nitrogens with one attached hydrogen (secondary N) is 1. The Kier molecular flexibility index (Phi) is 5.19. The normalized spacial score (nSPS) is 21.5. The number of likely N-dealkylation sites (N-methyl/N-ethyl adjacent to an activating group) is 1. The zero-order valence-electron chi connectivity index (χ0n) is 12.3. The van der Waals surface area contributed by atoms with E-state index in [1.165, 1.54) is 11.3 Å². The maximum Gasteiger partial charge on any atom is 0.252 e. The molecule has 0 bridgehead atoms. The molecular formula is C13H23N3O2S2. The minimum Gasteiger partial charge on any atom is -0.315 e. The second-order valence-corrected chi connectivity index (χ2v) is 8.71. The SMILES string of the molecule is CNCc1ccc(S(=O)(=O)N2CCCC(N(C)C)C2)s1. The van der Waals surface area contributed by atoms with Gasteiger partial charge in [0.25, 0.3) is 10.0 Å². The van der Waals surface area contributed by atoms with Gasteiger partial charge in [-0.15, -0.1) is 11.3 Å². The highest BCUT2D eigenvalue weighted by atomic mass is 32.2. The summed E-state index contributed by atoms with van der Waals surface area (Å²) in [6, 6.07) is 3.93. The average Bonchev–Trinajstić information content (AvgIpc) is 2.88. The summed E-state index contributed by atoms with van der Waals surface area (Å²) in [7, 11) is 2.55. The number of nitrogens with zero attached hydrogens (tertiary/aromatic N) is 2. The highest BCUT2D eigenvalue weighted by molar-refractivity contribution is 7.91. The van der Waals surface area contributed by atoms with E-state index < -0.39 is 10.0 Å². The number of hydrogen-bond donors (Lipinski definition) is 1. The third-order valence-electron chi connectivity index (χ3n) is 3.67. The fourth-order valence-electron chi connectivity index (χ4n) is 2.45. The van der Waals surface area contributed by atoms with E-state index >= 15 is 0 Å². The topological polar surface area (TPSA) is 52.7 Å². The molecule has 0 aromatic carbocycles. The summed E-state index contributed by atoms with van der Waals surface area (Å²) in [5, 5.41) is 3.05. The van der Waals surface area contributed by atoms with Crippen LogP contribution in [0.2, 0.25) is 0 Å². The van der Waals surface area contributed by atoms with Gasteiger partial charge in [0.1, 0.15) is 4.21 Å². The largest absolute Gasteiger partial charge is 0.315 e. The van der Waals surface area contributed by atoms with Crippen molar-refractivity contribution in [1.29, 1.82) is 0 Å². The van der Waals surface area contributed by atoms with Gasteiger partial charge in [-0.05, 0) is 46.1 Å². The minimum atomic E-state index is -3.33. The van der Waals surface area contributed by atoms with E-state index in [0.717, 1.165) is 17.7 Å². The number of sulfonamides is 1. The lowest BCUT2D eigenvalue weighted by molar-refractivity contribution is 0.190. The molecule has 1 N–H and O–H groups in total. The number of rotatable bonds is 5. The molecule has 1 unspecified atom stereocenters. The van der Waals surface area contributed by atoms with Crippen molar-refractivity contribution in [3.63, 3.8) is 0 Å². The number of thiophene rings is 1. The Morgan fingerprint density at radius 3 is 2.85 bits per heavy atom. The van der Waals surface area contributed by atoms with E-state index in [2.05, 4.69) is 10.2 Å². The highest BCUT2D eigenvalue weighted by Crippen LogP contribution is 2.27. The molecular weight excluding hydrogens is 294 g/mol. The molecule has 1 aliphatic heterocycles. The zero-order chi connectivity index (χ0) is 14.8. The quantitative estimate of drug-likeness (QED) is 0.886. The fourth-order valence-corrected chi connectivity index (χ4v) is 5.49. The van der Waals surface area contributed by atoms with Gasteiger partial charge >= 0.3 is 0 Å². The van der Waals surface area contributed by atoms with Crippen LogP contribution in [0, 0.1) is 0 Å². The van der Waals surface area contributed by atoms with Crippen molar-refractivity contribution in [3.05, 3.63) is 17.0 Å². The predicted octanol–water partition coefficient (Wildman–Crippen LogP) is 1.18. The van der Waals surface area contributed by atoms with Crippen LogP contribution in [0.5, 0.6) is 0 Å². The molecule has 114 valence electrons. The molecule has 0 spiro atoms. The Morgan fingerprint density at radius 2 is 2.20 bits per heavy atom. The second kappa shape index (κ2) is 6.53. The van der Waals surface area contributed by atoms with Gasteiger partial charge in [-0.25, -0.2) is 8.42 Å². The van der Waals surface area contributed by atoms with E-state index in [9.17, 15) is 8.42 Å². The van der Waals surface area contributed by atoms with Crippen LogP contribution in [0.15, 0.2) is 16.3 Å². The Hall–Kier alpha value is -0.470. The molecule has 0 saturated carbocycles. The maximum absolute atomic E-state index is 12.7. The molecule has 0 radical (unpaired) electrons. The van der Waals surface area contributed by atoms with E-state index in [0.29, 0.717) is 29.9 Å². The van der Waals surface area contributed by atoms with Gasteiger partial charge in [-0.1, -0.05) is 0 Å². The Balaban J connectivity index is 2.16. The third kappa shape index (κ3) is 3.40. The first kappa shape index (κ1) is 15.9. The van der Waals surface area contributed by atoms with E-state index in [4.69, 9.17) is 0 Å². The van der Waals surface area contributed by atoms with E-state index in [-0.39, 0.29) is 0 Å². The lowest BCUT2D eigenvalue weighted by atomic mass is 10.1. The van der Waals surface area contributed by atoms with Gasteiger partial charge in [0.15, 0.2) is 0 Å². The van der Waals surface area contributed by atoms with Crippen LogP contribution in [0.4, 0.5) is 0 Å². The van der Waals surface area contributed by atoms with Crippen LogP contribution < -0.4 is 5.32 Å². The molecule has 1 atom stereocenters. The fraction of sp³-hybridized carbons (Fsp3) is 0.692. The van der Waals surface area contributed by atoms with Crippen molar-refractivity contribution in [1.82, 2.24) is 14.5 Å². The zero-order valence-corrected chi connectivity index (χ0v) is 13.9. The van der Waals surface area contributed by atoms with Gasteiger partial charge in [-0.2, -0.15) is 4.31 Å². The number of piperidine rings is 1. The molecule has 20 heavy (non-hydrogen) atoms. The van der Waals surface area contributed by atoms with Crippen LogP contribution in [-0.4, -0.2) is 57.9 Å². The standard InChI is InChI=1S/C13H23N3O2S2/c1-14-9-12-6-7-13(19-12)20(17,18)16-8-4-5-11(10-16)15(2)3/h6-7,11,14H,4-5,8-10H2,1-3H3. The molecule has 1 fully saturated rings. The Labute approximate surface area is 125 Å². The molecule has 1 aromatic heterocycles. The lowest BCUT2D eigenvalue weighted by Gasteiger charge is -2.35. The summed E-state index contributed by atoms with van der Waals surface area (Å²) in [4.78, 5) is 3.16. The second-order valence-electron chi connectivity index (χ2n) is 5.37. The van der Waals surface area contributed by atoms with Crippen molar-refractivity contribution >= 4 is 21.4 Å². The van der Waals surface area contributed by atoms with Gasteiger partial charge in [-0.3, -0.25) is 0 Å². The van der Waals surface area contributed by atoms with Crippen LogP contribution in [-0.2, 0) is 16.6 Å². The van der Waals surface area contributed by atoms with Crippen molar-refractivity contribution in [3.8, 4) is 0 Å². The first-order valence-electron chi connectivity index (χ1n) is 6.85. The minimum absolute atomic E-state index is 0.315.